The van der Waals surface area contributed by atoms with Gasteiger partial charge in [0.2, 0.25) is 11.9 Å². The van der Waals surface area contributed by atoms with Crippen molar-refractivity contribution in [1.29, 1.82) is 0 Å². The number of amides is 1. The molecule has 1 saturated heterocycles. The maximum absolute atomic E-state index is 12.5. The van der Waals surface area contributed by atoms with Gasteiger partial charge in [0.15, 0.2) is 0 Å². The monoisotopic (exact) mass is 451 g/mol. The molecule has 32 heavy (non-hydrogen) atoms. The second-order valence-corrected chi connectivity index (χ2v) is 9.38. The van der Waals surface area contributed by atoms with E-state index in [-0.39, 0.29) is 11.8 Å². The van der Waals surface area contributed by atoms with Crippen molar-refractivity contribution in [3.05, 3.63) is 47.0 Å². The van der Waals surface area contributed by atoms with E-state index in [0.717, 1.165) is 61.1 Å². The number of nitrogens with one attached hydrogen (secondary N) is 3. The minimum atomic E-state index is 0.162. The molecule has 1 saturated carbocycles. The predicted octanol–water partition coefficient (Wildman–Crippen LogP) is 5.76. The van der Waals surface area contributed by atoms with Gasteiger partial charge in [0.05, 0.1) is 21.7 Å². The van der Waals surface area contributed by atoms with Crippen molar-refractivity contribution in [2.45, 2.75) is 51.5 Å². The number of rotatable bonds is 6. The van der Waals surface area contributed by atoms with Crippen LogP contribution in [0.25, 0.3) is 11.0 Å². The summed E-state index contributed by atoms with van der Waals surface area (Å²) >= 11 is 6.44. The second-order valence-electron chi connectivity index (χ2n) is 8.97. The Balaban J connectivity index is 1.27. The molecule has 7 heteroatoms. The highest BCUT2D eigenvalue weighted by Gasteiger charge is 2.20. The molecule has 0 bridgehead atoms. The van der Waals surface area contributed by atoms with Crippen LogP contribution in [0.15, 0.2) is 36.4 Å². The van der Waals surface area contributed by atoms with Gasteiger partial charge in [-0.1, -0.05) is 36.9 Å². The van der Waals surface area contributed by atoms with Crippen molar-refractivity contribution in [3.8, 4) is 0 Å². The van der Waals surface area contributed by atoms with Crippen LogP contribution in [0.2, 0.25) is 5.02 Å². The molecular formula is C25H30ClN5O. The third-order valence-corrected chi connectivity index (χ3v) is 6.99. The smallest absolute Gasteiger partial charge is 0.223 e. The van der Waals surface area contributed by atoms with E-state index in [1.807, 2.05) is 18.2 Å². The number of aromatic amines is 1. The molecule has 2 heterocycles. The summed E-state index contributed by atoms with van der Waals surface area (Å²) in [5.41, 5.74) is 4.94. The van der Waals surface area contributed by atoms with Crippen LogP contribution in [0.3, 0.4) is 0 Å². The maximum Gasteiger partial charge on any atom is 0.223 e. The summed E-state index contributed by atoms with van der Waals surface area (Å²) < 4.78 is 0. The van der Waals surface area contributed by atoms with E-state index in [1.165, 1.54) is 24.9 Å². The first-order valence-corrected chi connectivity index (χ1v) is 12.1. The molecule has 2 aliphatic rings. The number of H-pyrrole nitrogens is 1. The van der Waals surface area contributed by atoms with Crippen molar-refractivity contribution >= 4 is 45.9 Å². The van der Waals surface area contributed by atoms with E-state index in [0.29, 0.717) is 17.5 Å². The molecule has 1 amide bonds. The Kier molecular flexibility index (Phi) is 6.21. The van der Waals surface area contributed by atoms with E-state index in [9.17, 15) is 4.79 Å². The molecule has 1 aromatic heterocycles. The van der Waals surface area contributed by atoms with Gasteiger partial charge in [-0.3, -0.25) is 4.79 Å². The largest absolute Gasteiger partial charge is 0.371 e. The third-order valence-electron chi connectivity index (χ3n) is 6.66. The number of imidazole rings is 1. The number of nitrogens with zero attached hydrogens (tertiary/aromatic N) is 2. The molecular weight excluding hydrogens is 422 g/mol. The highest BCUT2D eigenvalue weighted by atomic mass is 35.5. The molecule has 1 aliphatic carbocycles. The molecule has 0 unspecified atom stereocenters. The number of hydrogen-bond donors (Lipinski definition) is 3. The van der Waals surface area contributed by atoms with Crippen LogP contribution >= 0.6 is 11.6 Å². The molecule has 0 atom stereocenters. The summed E-state index contributed by atoms with van der Waals surface area (Å²) in [7, 11) is 0. The zero-order chi connectivity index (χ0) is 21.9. The highest BCUT2D eigenvalue weighted by molar-refractivity contribution is 6.33. The number of hydrogen-bond acceptors (Lipinski definition) is 4. The second kappa shape index (κ2) is 9.41. The highest BCUT2D eigenvalue weighted by Crippen LogP contribution is 2.29. The lowest BCUT2D eigenvalue weighted by Crippen LogP contribution is -2.31. The first kappa shape index (κ1) is 21.1. The number of halogens is 1. The molecule has 0 radical (unpaired) electrons. The summed E-state index contributed by atoms with van der Waals surface area (Å²) in [6.07, 6.45) is 8.08. The Morgan fingerprint density at radius 2 is 1.88 bits per heavy atom. The van der Waals surface area contributed by atoms with Gasteiger partial charge in [-0.15, -0.1) is 0 Å². The fourth-order valence-corrected chi connectivity index (χ4v) is 5.00. The lowest BCUT2D eigenvalue weighted by atomic mass is 9.88. The summed E-state index contributed by atoms with van der Waals surface area (Å²) in [6, 6.07) is 12.2. The summed E-state index contributed by atoms with van der Waals surface area (Å²) in [4.78, 5) is 22.9. The van der Waals surface area contributed by atoms with E-state index >= 15 is 0 Å². The van der Waals surface area contributed by atoms with Crippen molar-refractivity contribution in [1.82, 2.24) is 15.3 Å². The van der Waals surface area contributed by atoms with Crippen LogP contribution in [0, 0.1) is 5.92 Å². The van der Waals surface area contributed by atoms with E-state index in [4.69, 9.17) is 11.6 Å². The Bertz CT molecular complexity index is 1100. The van der Waals surface area contributed by atoms with Gasteiger partial charge in [-0.2, -0.15) is 0 Å². The van der Waals surface area contributed by atoms with Crippen LogP contribution in [-0.2, 0) is 11.3 Å². The van der Waals surface area contributed by atoms with Crippen LogP contribution in [-0.4, -0.2) is 29.0 Å². The van der Waals surface area contributed by atoms with Crippen molar-refractivity contribution in [3.63, 3.8) is 0 Å². The molecule has 0 spiro atoms. The number of carbonyl (C=O) groups is 1. The molecule has 5 rings (SSSR count). The minimum Gasteiger partial charge on any atom is -0.371 e. The number of anilines is 3. The lowest BCUT2D eigenvalue weighted by molar-refractivity contribution is -0.126. The van der Waals surface area contributed by atoms with Gasteiger partial charge >= 0.3 is 0 Å². The standard InChI is InChI=1S/C25H30ClN5O/c26-20-10-8-17(16-27-24(32)18-6-2-1-3-7-18)14-22(20)29-25-28-21-11-9-19(15-23(21)30-25)31-12-4-5-13-31/h8-11,14-15,18H,1-7,12-13,16H2,(H,27,32)(H2,28,29,30). The quantitative estimate of drug-likeness (QED) is 0.445. The molecule has 2 aromatic carbocycles. The van der Waals surface area contributed by atoms with Crippen molar-refractivity contribution in [2.75, 3.05) is 23.3 Å². The van der Waals surface area contributed by atoms with E-state index < -0.39 is 0 Å². The van der Waals surface area contributed by atoms with Gasteiger partial charge < -0.3 is 20.5 Å². The number of benzene rings is 2. The normalized spacial score (nSPS) is 17.1. The van der Waals surface area contributed by atoms with Gasteiger partial charge in [0.25, 0.3) is 0 Å². The molecule has 2 fully saturated rings. The van der Waals surface area contributed by atoms with Crippen molar-refractivity contribution < 1.29 is 4.79 Å². The first-order valence-electron chi connectivity index (χ1n) is 11.7. The van der Waals surface area contributed by atoms with Crippen LogP contribution in [0.5, 0.6) is 0 Å². The first-order chi connectivity index (χ1) is 15.7. The van der Waals surface area contributed by atoms with Gasteiger partial charge in [-0.05, 0) is 61.6 Å². The fraction of sp³-hybridized carbons (Fsp3) is 0.440. The Labute approximate surface area is 193 Å². The van der Waals surface area contributed by atoms with Crippen molar-refractivity contribution in [2.24, 2.45) is 5.92 Å². The summed E-state index contributed by atoms with van der Waals surface area (Å²) in [5.74, 6) is 0.985. The molecule has 6 nitrogen and oxygen atoms in total. The van der Waals surface area contributed by atoms with Crippen LogP contribution < -0.4 is 15.5 Å². The molecule has 3 aromatic rings. The third kappa shape index (κ3) is 4.70. The number of fused-ring (bicyclic) bond motifs is 1. The minimum absolute atomic E-state index is 0.162. The summed E-state index contributed by atoms with van der Waals surface area (Å²) in [5, 5.41) is 7.03. The maximum atomic E-state index is 12.5. The van der Waals surface area contributed by atoms with E-state index in [2.05, 4.69) is 43.7 Å². The molecule has 168 valence electrons. The molecule has 3 N–H and O–H groups in total. The predicted molar refractivity (Wildman–Crippen MR) is 131 cm³/mol. The Hall–Kier alpha value is -2.73. The SMILES string of the molecule is O=C(NCc1ccc(Cl)c(Nc2nc3ccc(N4CCCC4)cc3[nH]2)c1)C1CCCCC1. The van der Waals surface area contributed by atoms with E-state index in [1.54, 1.807) is 0 Å². The number of aromatic nitrogens is 2. The lowest BCUT2D eigenvalue weighted by Gasteiger charge is -2.20. The van der Waals surface area contributed by atoms with Crippen LogP contribution in [0.1, 0.15) is 50.5 Å². The zero-order valence-electron chi connectivity index (χ0n) is 18.3. The average Bonchev–Trinajstić information content (AvgIpc) is 3.49. The Morgan fingerprint density at radius 3 is 2.69 bits per heavy atom. The fourth-order valence-electron chi connectivity index (χ4n) is 4.83. The topological polar surface area (TPSA) is 73.1 Å². The number of carbonyl (C=O) groups excluding carboxylic acids is 1. The summed E-state index contributed by atoms with van der Waals surface area (Å²) in [6.45, 7) is 2.73. The zero-order valence-corrected chi connectivity index (χ0v) is 19.0. The van der Waals surface area contributed by atoms with Gasteiger partial charge in [-0.25, -0.2) is 4.98 Å². The van der Waals surface area contributed by atoms with Gasteiger partial charge in [0.1, 0.15) is 0 Å². The van der Waals surface area contributed by atoms with Crippen LogP contribution in [0.4, 0.5) is 17.3 Å². The van der Waals surface area contributed by atoms with Gasteiger partial charge in [0, 0.05) is 31.2 Å². The molecule has 1 aliphatic heterocycles. The Morgan fingerprint density at radius 1 is 1.06 bits per heavy atom. The average molecular weight is 452 g/mol.